The van der Waals surface area contributed by atoms with Gasteiger partial charge in [-0.2, -0.15) is 0 Å². The number of methoxy groups -OCH3 is 1. The number of rotatable bonds is 4. The summed E-state index contributed by atoms with van der Waals surface area (Å²) < 4.78 is 5.33. The van der Waals surface area contributed by atoms with Crippen LogP contribution in [-0.4, -0.2) is 36.2 Å². The van der Waals surface area contributed by atoms with Crippen molar-refractivity contribution in [3.8, 4) is 5.75 Å². The van der Waals surface area contributed by atoms with Crippen LogP contribution in [0.15, 0.2) is 24.3 Å². The number of nitrogens with zero attached hydrogens (tertiary/aromatic N) is 1. The van der Waals surface area contributed by atoms with Crippen LogP contribution in [0, 0.1) is 0 Å². The van der Waals surface area contributed by atoms with E-state index >= 15 is 0 Å². The van der Waals surface area contributed by atoms with Crippen LogP contribution in [0.2, 0.25) is 0 Å². The van der Waals surface area contributed by atoms with E-state index in [1.807, 2.05) is 6.07 Å². The molecule has 0 radical (unpaired) electrons. The molecule has 0 saturated carbocycles. The fraction of sp³-hybridized carbons (Fsp3) is 0.647. The first-order valence-corrected chi connectivity index (χ1v) is 7.51. The summed E-state index contributed by atoms with van der Waals surface area (Å²) in [5.41, 5.74) is 1.71. The van der Waals surface area contributed by atoms with E-state index in [0.717, 1.165) is 31.8 Å². The molecule has 1 unspecified atom stereocenters. The van der Waals surface area contributed by atoms with E-state index in [9.17, 15) is 0 Å². The zero-order chi connectivity index (χ0) is 14.8. The standard InChI is InChI=1S/C17H28N2O/c1-6-17(4)13-19(16(2,3)12-18-17)11-14-8-7-9-15(10-14)20-5/h7-10,18H,6,11-13H2,1-5H3. The molecule has 1 aromatic rings. The van der Waals surface area contributed by atoms with Crippen LogP contribution in [0.25, 0.3) is 0 Å². The Morgan fingerprint density at radius 3 is 2.70 bits per heavy atom. The second-order valence-electron chi connectivity index (χ2n) is 6.79. The van der Waals surface area contributed by atoms with Crippen molar-refractivity contribution in [3.63, 3.8) is 0 Å². The minimum atomic E-state index is 0.178. The second-order valence-corrected chi connectivity index (χ2v) is 6.79. The topological polar surface area (TPSA) is 24.5 Å². The zero-order valence-corrected chi connectivity index (χ0v) is 13.5. The number of benzene rings is 1. The highest BCUT2D eigenvalue weighted by Crippen LogP contribution is 2.27. The van der Waals surface area contributed by atoms with E-state index in [4.69, 9.17) is 4.74 Å². The van der Waals surface area contributed by atoms with Gasteiger partial charge in [0.15, 0.2) is 0 Å². The summed E-state index contributed by atoms with van der Waals surface area (Å²) in [7, 11) is 1.72. The number of hydrogen-bond donors (Lipinski definition) is 1. The first-order valence-electron chi connectivity index (χ1n) is 7.51. The van der Waals surface area contributed by atoms with E-state index in [0.29, 0.717) is 0 Å². The quantitative estimate of drug-likeness (QED) is 0.915. The van der Waals surface area contributed by atoms with Gasteiger partial charge in [-0.05, 0) is 44.9 Å². The Balaban J connectivity index is 2.15. The smallest absolute Gasteiger partial charge is 0.119 e. The van der Waals surface area contributed by atoms with Crippen molar-refractivity contribution >= 4 is 0 Å². The Bertz CT molecular complexity index is 458. The van der Waals surface area contributed by atoms with Crippen LogP contribution in [0.4, 0.5) is 0 Å². The highest BCUT2D eigenvalue weighted by molar-refractivity contribution is 5.28. The van der Waals surface area contributed by atoms with Crippen molar-refractivity contribution in [1.82, 2.24) is 10.2 Å². The number of ether oxygens (including phenoxy) is 1. The molecule has 1 aromatic carbocycles. The SMILES string of the molecule is CCC1(C)CN(Cc2cccc(OC)c2)C(C)(C)CN1. The largest absolute Gasteiger partial charge is 0.497 e. The van der Waals surface area contributed by atoms with Crippen molar-refractivity contribution in [2.75, 3.05) is 20.2 Å². The normalized spacial score (nSPS) is 26.4. The predicted molar refractivity (Wildman–Crippen MR) is 84.2 cm³/mol. The van der Waals surface area contributed by atoms with E-state index in [1.165, 1.54) is 5.56 Å². The number of hydrogen-bond acceptors (Lipinski definition) is 3. The molecule has 20 heavy (non-hydrogen) atoms. The molecule has 0 aliphatic carbocycles. The van der Waals surface area contributed by atoms with Gasteiger partial charge in [-0.25, -0.2) is 0 Å². The lowest BCUT2D eigenvalue weighted by molar-refractivity contribution is 0.0245. The first-order chi connectivity index (χ1) is 9.38. The zero-order valence-electron chi connectivity index (χ0n) is 13.5. The van der Waals surface area contributed by atoms with Crippen LogP contribution in [0.5, 0.6) is 5.75 Å². The molecule has 1 N–H and O–H groups in total. The number of nitrogens with one attached hydrogen (secondary N) is 1. The molecule has 1 saturated heterocycles. The molecular weight excluding hydrogens is 248 g/mol. The first kappa shape index (κ1) is 15.3. The lowest BCUT2D eigenvalue weighted by atomic mass is 9.88. The summed E-state index contributed by atoms with van der Waals surface area (Å²) in [6, 6.07) is 8.40. The molecule has 2 rings (SSSR count). The van der Waals surface area contributed by atoms with Crippen LogP contribution in [-0.2, 0) is 6.54 Å². The minimum Gasteiger partial charge on any atom is -0.497 e. The van der Waals surface area contributed by atoms with Gasteiger partial charge in [-0.15, -0.1) is 0 Å². The lowest BCUT2D eigenvalue weighted by Gasteiger charge is -2.50. The third kappa shape index (κ3) is 3.33. The molecule has 1 aliphatic heterocycles. The molecule has 1 fully saturated rings. The Hall–Kier alpha value is -1.06. The van der Waals surface area contributed by atoms with E-state index in [-0.39, 0.29) is 11.1 Å². The van der Waals surface area contributed by atoms with Crippen molar-refractivity contribution < 1.29 is 4.74 Å². The molecule has 3 nitrogen and oxygen atoms in total. The van der Waals surface area contributed by atoms with Gasteiger partial charge in [0, 0.05) is 30.7 Å². The Kier molecular flexibility index (Phi) is 4.40. The third-order valence-corrected chi connectivity index (χ3v) is 4.63. The molecule has 0 spiro atoms. The Labute approximate surface area is 123 Å². The van der Waals surface area contributed by atoms with Gasteiger partial charge in [0.1, 0.15) is 5.75 Å². The van der Waals surface area contributed by atoms with Crippen LogP contribution >= 0.6 is 0 Å². The summed E-state index contributed by atoms with van der Waals surface area (Å²) in [6.07, 6.45) is 1.15. The molecule has 0 bridgehead atoms. The monoisotopic (exact) mass is 276 g/mol. The summed E-state index contributed by atoms with van der Waals surface area (Å²) in [4.78, 5) is 2.59. The predicted octanol–water partition coefficient (Wildman–Crippen LogP) is 3.05. The van der Waals surface area contributed by atoms with Gasteiger partial charge in [0.05, 0.1) is 7.11 Å². The van der Waals surface area contributed by atoms with Gasteiger partial charge in [0.2, 0.25) is 0 Å². The van der Waals surface area contributed by atoms with Crippen molar-refractivity contribution in [2.24, 2.45) is 0 Å². The van der Waals surface area contributed by atoms with Gasteiger partial charge in [0.25, 0.3) is 0 Å². The molecule has 1 aliphatic rings. The van der Waals surface area contributed by atoms with E-state index < -0.39 is 0 Å². The number of piperazine rings is 1. The van der Waals surface area contributed by atoms with Crippen LogP contribution in [0.3, 0.4) is 0 Å². The minimum absolute atomic E-state index is 0.178. The summed E-state index contributed by atoms with van der Waals surface area (Å²) in [5, 5.41) is 3.71. The van der Waals surface area contributed by atoms with E-state index in [1.54, 1.807) is 7.11 Å². The van der Waals surface area contributed by atoms with Gasteiger partial charge in [-0.1, -0.05) is 19.1 Å². The summed E-state index contributed by atoms with van der Waals surface area (Å²) in [5.74, 6) is 0.939. The molecule has 0 aromatic heterocycles. The molecule has 1 atom stereocenters. The van der Waals surface area contributed by atoms with Crippen LogP contribution in [0.1, 0.15) is 39.7 Å². The fourth-order valence-electron chi connectivity index (χ4n) is 2.73. The maximum Gasteiger partial charge on any atom is 0.119 e. The Morgan fingerprint density at radius 2 is 2.05 bits per heavy atom. The Morgan fingerprint density at radius 1 is 1.30 bits per heavy atom. The average Bonchev–Trinajstić information content (AvgIpc) is 2.44. The molecule has 0 amide bonds. The van der Waals surface area contributed by atoms with Crippen molar-refractivity contribution in [3.05, 3.63) is 29.8 Å². The third-order valence-electron chi connectivity index (χ3n) is 4.63. The molecular formula is C17H28N2O. The van der Waals surface area contributed by atoms with Gasteiger partial charge < -0.3 is 10.1 Å². The fourth-order valence-corrected chi connectivity index (χ4v) is 2.73. The average molecular weight is 276 g/mol. The van der Waals surface area contributed by atoms with Crippen molar-refractivity contribution in [1.29, 1.82) is 0 Å². The van der Waals surface area contributed by atoms with Gasteiger partial charge >= 0.3 is 0 Å². The second kappa shape index (κ2) is 5.74. The molecule has 1 heterocycles. The molecule has 112 valence electrons. The lowest BCUT2D eigenvalue weighted by Crippen LogP contribution is -2.66. The maximum absolute atomic E-state index is 5.33. The molecule has 3 heteroatoms. The van der Waals surface area contributed by atoms with E-state index in [2.05, 4.69) is 56.1 Å². The van der Waals surface area contributed by atoms with Crippen LogP contribution < -0.4 is 10.1 Å². The van der Waals surface area contributed by atoms with Gasteiger partial charge in [-0.3, -0.25) is 4.90 Å². The maximum atomic E-state index is 5.33. The highest BCUT2D eigenvalue weighted by Gasteiger charge is 2.38. The highest BCUT2D eigenvalue weighted by atomic mass is 16.5. The summed E-state index contributed by atoms with van der Waals surface area (Å²) >= 11 is 0. The summed E-state index contributed by atoms with van der Waals surface area (Å²) in [6.45, 7) is 12.3. The van der Waals surface area contributed by atoms with Crippen molar-refractivity contribution in [2.45, 2.75) is 51.7 Å².